The topological polar surface area (TPSA) is 63.2 Å². The average molecular weight is 396 g/mol. The lowest BCUT2D eigenvalue weighted by atomic mass is 9.74. The van der Waals surface area contributed by atoms with Crippen LogP contribution in [0.2, 0.25) is 0 Å². The maximum absolute atomic E-state index is 12.8. The third-order valence-electron chi connectivity index (χ3n) is 5.39. The summed E-state index contributed by atoms with van der Waals surface area (Å²) in [7, 11) is 1.83. The molecule has 2 aromatic rings. The van der Waals surface area contributed by atoms with Gasteiger partial charge in [0.1, 0.15) is 12.4 Å². The van der Waals surface area contributed by atoms with Crippen LogP contribution < -0.4 is 15.4 Å². The molecule has 1 aromatic heterocycles. The largest absolute Gasteiger partial charge is 0.473 e. The van der Waals surface area contributed by atoms with Crippen molar-refractivity contribution in [2.24, 2.45) is 5.92 Å². The molecule has 2 heterocycles. The normalized spacial score (nSPS) is 18.2. The fraction of sp³-hybridized carbons (Fsp3) is 0.500. The van der Waals surface area contributed by atoms with Gasteiger partial charge in [0, 0.05) is 36.2 Å². The molecule has 1 aliphatic heterocycles. The predicted octanol–water partition coefficient (Wildman–Crippen LogP) is 4.83. The molecule has 5 heteroatoms. The van der Waals surface area contributed by atoms with Gasteiger partial charge in [0.05, 0.1) is 0 Å². The van der Waals surface area contributed by atoms with Crippen LogP contribution in [0.1, 0.15) is 62.9 Å². The smallest absolute Gasteiger partial charge is 0.215 e. The summed E-state index contributed by atoms with van der Waals surface area (Å²) in [6, 6.07) is 13.4. The molecule has 0 aliphatic carbocycles. The van der Waals surface area contributed by atoms with Gasteiger partial charge in [0.25, 0.3) is 0 Å². The standard InChI is InChI=1S/C24H33N3O2/c1-23(2)14-18(15-24(3,4)27-23)13-20(28)19-11-9-17(10-12-19)16-29-22-8-6-7-21(25-5)26-22/h6-12,18,27H,13-16H2,1-5H3,(H,25,26). The number of rotatable bonds is 7. The molecule has 0 radical (unpaired) electrons. The molecule has 0 bridgehead atoms. The zero-order valence-electron chi connectivity index (χ0n) is 18.2. The third-order valence-corrected chi connectivity index (χ3v) is 5.39. The minimum Gasteiger partial charge on any atom is -0.473 e. The number of pyridine rings is 1. The highest BCUT2D eigenvalue weighted by Crippen LogP contribution is 2.35. The van der Waals surface area contributed by atoms with Crippen LogP contribution in [0.3, 0.4) is 0 Å². The summed E-state index contributed by atoms with van der Waals surface area (Å²) in [5.74, 6) is 1.97. The van der Waals surface area contributed by atoms with Crippen LogP contribution in [0.25, 0.3) is 0 Å². The Hall–Kier alpha value is -2.40. The molecule has 1 aliphatic rings. The van der Waals surface area contributed by atoms with E-state index >= 15 is 0 Å². The lowest BCUT2D eigenvalue weighted by Gasteiger charge is -2.46. The van der Waals surface area contributed by atoms with Gasteiger partial charge in [-0.15, -0.1) is 0 Å². The Bertz CT molecular complexity index is 827. The number of hydrogen-bond acceptors (Lipinski definition) is 5. The first-order valence-electron chi connectivity index (χ1n) is 10.3. The van der Waals surface area contributed by atoms with Crippen molar-refractivity contribution in [2.45, 2.75) is 64.6 Å². The fourth-order valence-electron chi connectivity index (χ4n) is 4.64. The van der Waals surface area contributed by atoms with Crippen molar-refractivity contribution in [3.63, 3.8) is 0 Å². The lowest BCUT2D eigenvalue weighted by Crippen LogP contribution is -2.57. The first kappa shape index (κ1) is 21.3. The first-order chi connectivity index (χ1) is 13.7. The van der Waals surface area contributed by atoms with Crippen molar-refractivity contribution >= 4 is 11.6 Å². The number of carbonyl (C=O) groups excluding carboxylic acids is 1. The van der Waals surface area contributed by atoms with Gasteiger partial charge in [-0.25, -0.2) is 0 Å². The van der Waals surface area contributed by atoms with E-state index in [4.69, 9.17) is 4.74 Å². The van der Waals surface area contributed by atoms with Gasteiger partial charge in [-0.1, -0.05) is 30.3 Å². The number of carbonyl (C=O) groups is 1. The van der Waals surface area contributed by atoms with E-state index in [1.807, 2.05) is 49.5 Å². The minimum absolute atomic E-state index is 0.0620. The Morgan fingerprint density at radius 1 is 1.10 bits per heavy atom. The Labute approximate surface area is 174 Å². The minimum atomic E-state index is 0.0620. The van der Waals surface area contributed by atoms with Crippen molar-refractivity contribution < 1.29 is 9.53 Å². The molecule has 1 aromatic carbocycles. The van der Waals surface area contributed by atoms with Crippen molar-refractivity contribution in [1.29, 1.82) is 0 Å². The summed E-state index contributed by atoms with van der Waals surface area (Å²) in [4.78, 5) is 17.2. The van der Waals surface area contributed by atoms with Gasteiger partial charge >= 0.3 is 0 Å². The fourth-order valence-corrected chi connectivity index (χ4v) is 4.64. The van der Waals surface area contributed by atoms with Crippen LogP contribution in [-0.2, 0) is 6.61 Å². The molecule has 3 rings (SSSR count). The van der Waals surface area contributed by atoms with E-state index in [0.717, 1.165) is 29.8 Å². The van der Waals surface area contributed by atoms with E-state index in [1.165, 1.54) is 0 Å². The molecule has 1 saturated heterocycles. The Morgan fingerprint density at radius 2 is 1.76 bits per heavy atom. The summed E-state index contributed by atoms with van der Waals surface area (Å²) in [5.41, 5.74) is 1.92. The van der Waals surface area contributed by atoms with Gasteiger partial charge in [0.15, 0.2) is 5.78 Å². The zero-order chi connectivity index (χ0) is 21.1. The van der Waals surface area contributed by atoms with Gasteiger partial charge in [-0.3, -0.25) is 4.79 Å². The van der Waals surface area contributed by atoms with Crippen LogP contribution in [-0.4, -0.2) is 28.9 Å². The number of nitrogens with zero attached hydrogens (tertiary/aromatic N) is 1. The van der Waals surface area contributed by atoms with E-state index in [2.05, 4.69) is 43.3 Å². The number of hydrogen-bond donors (Lipinski definition) is 2. The van der Waals surface area contributed by atoms with Gasteiger partial charge < -0.3 is 15.4 Å². The Morgan fingerprint density at radius 3 is 2.38 bits per heavy atom. The Kier molecular flexibility index (Phi) is 6.27. The number of aromatic nitrogens is 1. The van der Waals surface area contributed by atoms with E-state index in [9.17, 15) is 4.79 Å². The SMILES string of the molecule is CNc1cccc(OCc2ccc(C(=O)CC3CC(C)(C)NC(C)(C)C3)cc2)n1. The second-order valence-electron chi connectivity index (χ2n) is 9.39. The Balaban J connectivity index is 1.57. The molecule has 0 amide bonds. The molecule has 1 fully saturated rings. The summed E-state index contributed by atoms with van der Waals surface area (Å²) < 4.78 is 5.76. The molecule has 156 valence electrons. The average Bonchev–Trinajstić information content (AvgIpc) is 2.64. The quantitative estimate of drug-likeness (QED) is 0.657. The van der Waals surface area contributed by atoms with Crippen molar-refractivity contribution in [3.8, 4) is 5.88 Å². The highest BCUT2D eigenvalue weighted by atomic mass is 16.5. The number of ether oxygens (including phenoxy) is 1. The van der Waals surface area contributed by atoms with Crippen LogP contribution in [0.15, 0.2) is 42.5 Å². The highest BCUT2D eigenvalue weighted by Gasteiger charge is 2.38. The lowest BCUT2D eigenvalue weighted by molar-refractivity contribution is 0.0864. The van der Waals surface area contributed by atoms with Crippen molar-refractivity contribution in [3.05, 3.63) is 53.6 Å². The van der Waals surface area contributed by atoms with Crippen molar-refractivity contribution in [2.75, 3.05) is 12.4 Å². The molecule has 0 unspecified atom stereocenters. The van der Waals surface area contributed by atoms with Gasteiger partial charge in [0.2, 0.25) is 5.88 Å². The monoisotopic (exact) mass is 395 g/mol. The number of ketones is 1. The number of benzene rings is 1. The summed E-state index contributed by atoms with van der Waals surface area (Å²) in [5, 5.41) is 6.68. The molecule has 0 saturated carbocycles. The number of piperidine rings is 1. The van der Waals surface area contributed by atoms with Gasteiger partial charge in [-0.2, -0.15) is 4.98 Å². The van der Waals surface area contributed by atoms with Gasteiger partial charge in [-0.05, 0) is 58.1 Å². The maximum atomic E-state index is 12.8. The first-order valence-corrected chi connectivity index (χ1v) is 10.3. The van der Waals surface area contributed by atoms with E-state index < -0.39 is 0 Å². The van der Waals surface area contributed by atoms with E-state index in [1.54, 1.807) is 0 Å². The van der Waals surface area contributed by atoms with Crippen LogP contribution in [0.5, 0.6) is 5.88 Å². The summed E-state index contributed by atoms with van der Waals surface area (Å²) >= 11 is 0. The van der Waals surface area contributed by atoms with E-state index in [0.29, 0.717) is 24.8 Å². The molecule has 0 spiro atoms. The van der Waals surface area contributed by atoms with E-state index in [-0.39, 0.29) is 16.9 Å². The van der Waals surface area contributed by atoms with Crippen LogP contribution in [0, 0.1) is 5.92 Å². The molecule has 29 heavy (non-hydrogen) atoms. The molecular weight excluding hydrogens is 362 g/mol. The zero-order valence-corrected chi connectivity index (χ0v) is 18.2. The molecule has 5 nitrogen and oxygen atoms in total. The second kappa shape index (κ2) is 8.54. The van der Waals surface area contributed by atoms with Crippen molar-refractivity contribution in [1.82, 2.24) is 10.3 Å². The maximum Gasteiger partial charge on any atom is 0.215 e. The number of nitrogens with one attached hydrogen (secondary N) is 2. The number of Topliss-reactive ketones (excluding diaryl/α,β-unsaturated/α-hetero) is 1. The number of anilines is 1. The second-order valence-corrected chi connectivity index (χ2v) is 9.39. The summed E-state index contributed by atoms with van der Waals surface area (Å²) in [6.07, 6.45) is 2.64. The molecule has 0 atom stereocenters. The van der Waals surface area contributed by atoms with Crippen LogP contribution in [0.4, 0.5) is 5.82 Å². The van der Waals surface area contributed by atoms with Crippen LogP contribution >= 0.6 is 0 Å². The molecule has 2 N–H and O–H groups in total. The predicted molar refractivity (Wildman–Crippen MR) is 118 cm³/mol. The molecular formula is C24H33N3O2. The third kappa shape index (κ3) is 6.04. The highest BCUT2D eigenvalue weighted by molar-refractivity contribution is 5.96. The summed E-state index contributed by atoms with van der Waals surface area (Å²) in [6.45, 7) is 9.32.